The molecular weight excluding hydrogens is 401 g/mol. The summed E-state index contributed by atoms with van der Waals surface area (Å²) in [5, 5.41) is 1.54. The van der Waals surface area contributed by atoms with Gasteiger partial charge in [0.15, 0.2) is 5.75 Å². The number of pyridine rings is 1. The van der Waals surface area contributed by atoms with Gasteiger partial charge in [0.05, 0.1) is 14.0 Å². The maximum absolute atomic E-state index is 11.9. The number of carbonyl (C=O) groups is 1. The lowest BCUT2D eigenvalue weighted by atomic mass is 9.64. The van der Waals surface area contributed by atoms with E-state index in [9.17, 15) is 4.79 Å². The van der Waals surface area contributed by atoms with E-state index in [2.05, 4.69) is 27.6 Å². The zero-order chi connectivity index (χ0) is 15.2. The van der Waals surface area contributed by atoms with Crippen molar-refractivity contribution in [1.82, 2.24) is 4.98 Å². The summed E-state index contributed by atoms with van der Waals surface area (Å²) in [6, 6.07) is 5.66. The summed E-state index contributed by atoms with van der Waals surface area (Å²) in [6.07, 6.45) is 2.89. The minimum Gasteiger partial charge on any atom is -0.486 e. The largest absolute Gasteiger partial charge is 0.486 e. The first kappa shape index (κ1) is 15.0. The van der Waals surface area contributed by atoms with Gasteiger partial charge < -0.3 is 4.74 Å². The molecule has 1 heterocycles. The number of halogens is 2. The molecule has 1 aliphatic rings. The van der Waals surface area contributed by atoms with Crippen molar-refractivity contribution in [2.24, 2.45) is 5.41 Å². The molecule has 0 aliphatic heterocycles. The molecule has 3 rings (SSSR count). The van der Waals surface area contributed by atoms with E-state index in [-0.39, 0.29) is 17.3 Å². The molecule has 110 valence electrons. The van der Waals surface area contributed by atoms with Gasteiger partial charge in [0.2, 0.25) is 0 Å². The molecule has 1 aromatic carbocycles. The van der Waals surface area contributed by atoms with Crippen molar-refractivity contribution >= 4 is 50.9 Å². The molecular formula is C16H15ClINO2. The van der Waals surface area contributed by atoms with Crippen LogP contribution in [0.1, 0.15) is 26.7 Å². The van der Waals surface area contributed by atoms with E-state index in [1.807, 2.05) is 32.0 Å². The number of hydrogen-bond donors (Lipinski definition) is 0. The Morgan fingerprint density at radius 1 is 1.57 bits per heavy atom. The van der Waals surface area contributed by atoms with Crippen molar-refractivity contribution < 1.29 is 9.53 Å². The molecule has 2 atom stereocenters. The fourth-order valence-electron chi connectivity index (χ4n) is 2.67. The molecule has 0 saturated heterocycles. The number of carbonyl (C=O) groups excluding carboxylic acids is 1. The highest BCUT2D eigenvalue weighted by atomic mass is 127. The van der Waals surface area contributed by atoms with E-state index in [4.69, 9.17) is 16.3 Å². The van der Waals surface area contributed by atoms with Gasteiger partial charge in [-0.1, -0.05) is 18.5 Å². The van der Waals surface area contributed by atoms with E-state index in [1.165, 1.54) is 0 Å². The van der Waals surface area contributed by atoms with Crippen LogP contribution in [0.15, 0.2) is 24.4 Å². The van der Waals surface area contributed by atoms with Gasteiger partial charge in [-0.15, -0.1) is 0 Å². The van der Waals surface area contributed by atoms with E-state index < -0.39 is 0 Å². The molecule has 1 aliphatic carbocycles. The fraction of sp³-hybridized carbons (Fsp3) is 0.375. The maximum Gasteiger partial charge on any atom is 0.159 e. The zero-order valence-electron chi connectivity index (χ0n) is 11.8. The molecule has 3 nitrogen and oxygen atoms in total. The Hall–Kier alpha value is -0.880. The van der Waals surface area contributed by atoms with Gasteiger partial charge in [-0.2, -0.15) is 0 Å². The summed E-state index contributed by atoms with van der Waals surface area (Å²) in [5.41, 5.74) is 0.372. The first-order chi connectivity index (χ1) is 9.97. The topological polar surface area (TPSA) is 39.2 Å². The number of ketones is 1. The van der Waals surface area contributed by atoms with Crippen LogP contribution in [0.3, 0.4) is 0 Å². The highest BCUT2D eigenvalue weighted by molar-refractivity contribution is 14.1. The van der Waals surface area contributed by atoms with Crippen LogP contribution < -0.4 is 4.74 Å². The normalized spacial score (nSPS) is 25.0. The van der Waals surface area contributed by atoms with E-state index in [1.54, 1.807) is 6.20 Å². The van der Waals surface area contributed by atoms with Gasteiger partial charge in [-0.05, 0) is 54.1 Å². The SMILES string of the molecule is CCC1(C)C(=O)CC1Oc1c(I)cc(Cl)c2cccnc12. The minimum absolute atomic E-state index is 0.0881. The Kier molecular flexibility index (Phi) is 3.86. The maximum atomic E-state index is 11.9. The summed E-state index contributed by atoms with van der Waals surface area (Å²) in [7, 11) is 0. The molecule has 0 radical (unpaired) electrons. The molecule has 0 amide bonds. The summed E-state index contributed by atoms with van der Waals surface area (Å²) < 4.78 is 7.09. The van der Waals surface area contributed by atoms with Crippen LogP contribution >= 0.6 is 34.2 Å². The molecule has 0 N–H and O–H groups in total. The van der Waals surface area contributed by atoms with Crippen LogP contribution in [0.5, 0.6) is 5.75 Å². The third-order valence-electron chi connectivity index (χ3n) is 4.46. The predicted octanol–water partition coefficient (Wildman–Crippen LogP) is 4.63. The van der Waals surface area contributed by atoms with Crippen LogP contribution in [0.25, 0.3) is 10.9 Å². The van der Waals surface area contributed by atoms with Crippen LogP contribution in [0, 0.1) is 8.99 Å². The van der Waals surface area contributed by atoms with Crippen molar-refractivity contribution in [3.8, 4) is 5.75 Å². The Labute approximate surface area is 142 Å². The van der Waals surface area contributed by atoms with Crippen LogP contribution in [0.2, 0.25) is 5.02 Å². The van der Waals surface area contributed by atoms with Crippen LogP contribution in [-0.2, 0) is 4.79 Å². The van der Waals surface area contributed by atoms with Crippen molar-refractivity contribution in [2.75, 3.05) is 0 Å². The van der Waals surface area contributed by atoms with Crippen LogP contribution in [0.4, 0.5) is 0 Å². The summed E-state index contributed by atoms with van der Waals surface area (Å²) in [5.74, 6) is 1.00. The summed E-state index contributed by atoms with van der Waals surface area (Å²) >= 11 is 8.47. The second-order valence-corrected chi connectivity index (χ2v) is 7.14. The number of ether oxygens (including phenoxy) is 1. The van der Waals surface area contributed by atoms with Gasteiger partial charge in [-0.3, -0.25) is 9.78 Å². The zero-order valence-corrected chi connectivity index (χ0v) is 14.7. The Bertz CT molecular complexity index is 734. The smallest absolute Gasteiger partial charge is 0.159 e. The number of benzene rings is 1. The lowest BCUT2D eigenvalue weighted by molar-refractivity contribution is -0.150. The molecule has 1 saturated carbocycles. The van der Waals surface area contributed by atoms with Crippen molar-refractivity contribution in [3.05, 3.63) is 33.0 Å². The quantitative estimate of drug-likeness (QED) is 0.686. The second-order valence-electron chi connectivity index (χ2n) is 5.57. The minimum atomic E-state index is -0.385. The predicted molar refractivity (Wildman–Crippen MR) is 91.9 cm³/mol. The third-order valence-corrected chi connectivity index (χ3v) is 5.58. The molecule has 1 fully saturated rings. The van der Waals surface area contributed by atoms with Crippen LogP contribution in [-0.4, -0.2) is 16.9 Å². The fourth-order valence-corrected chi connectivity index (χ4v) is 3.81. The summed E-state index contributed by atoms with van der Waals surface area (Å²) in [4.78, 5) is 16.3. The highest BCUT2D eigenvalue weighted by Crippen LogP contribution is 2.45. The molecule has 21 heavy (non-hydrogen) atoms. The van der Waals surface area contributed by atoms with Gasteiger partial charge in [-0.25, -0.2) is 0 Å². The highest BCUT2D eigenvalue weighted by Gasteiger charge is 2.51. The van der Waals surface area contributed by atoms with Crippen molar-refractivity contribution in [1.29, 1.82) is 0 Å². The lowest BCUT2D eigenvalue weighted by Gasteiger charge is -2.44. The monoisotopic (exact) mass is 415 g/mol. The Balaban J connectivity index is 2.04. The Morgan fingerprint density at radius 2 is 2.33 bits per heavy atom. The number of rotatable bonds is 3. The van der Waals surface area contributed by atoms with Gasteiger partial charge in [0.25, 0.3) is 0 Å². The number of nitrogens with zero attached hydrogens (tertiary/aromatic N) is 1. The average molecular weight is 416 g/mol. The van der Waals surface area contributed by atoms with Crippen molar-refractivity contribution in [3.63, 3.8) is 0 Å². The van der Waals surface area contributed by atoms with E-state index in [0.29, 0.717) is 11.4 Å². The van der Waals surface area contributed by atoms with Gasteiger partial charge >= 0.3 is 0 Å². The summed E-state index contributed by atoms with van der Waals surface area (Å²) in [6.45, 7) is 4.00. The van der Waals surface area contributed by atoms with E-state index in [0.717, 1.165) is 26.6 Å². The van der Waals surface area contributed by atoms with E-state index >= 15 is 0 Å². The number of hydrogen-bond acceptors (Lipinski definition) is 3. The molecule has 0 bridgehead atoms. The van der Waals surface area contributed by atoms with Crippen molar-refractivity contribution in [2.45, 2.75) is 32.8 Å². The first-order valence-corrected chi connectivity index (χ1v) is 8.35. The molecule has 2 unspecified atom stereocenters. The number of Topliss-reactive ketones (excluding diaryl/α,β-unsaturated/α-hetero) is 1. The third kappa shape index (κ3) is 2.32. The van der Waals surface area contributed by atoms with Gasteiger partial charge in [0, 0.05) is 18.0 Å². The molecule has 5 heteroatoms. The number of fused-ring (bicyclic) bond motifs is 1. The van der Waals surface area contributed by atoms with Gasteiger partial charge in [0.1, 0.15) is 17.4 Å². The Morgan fingerprint density at radius 3 is 3.00 bits per heavy atom. The second kappa shape index (κ2) is 5.39. The molecule has 2 aromatic rings. The average Bonchev–Trinajstić information content (AvgIpc) is 2.49. The molecule has 0 spiro atoms. The molecule has 1 aromatic heterocycles. The lowest BCUT2D eigenvalue weighted by Crippen LogP contribution is -2.54. The number of aromatic nitrogens is 1. The standard InChI is InChI=1S/C16H15ClINO2/c1-3-16(2)12(20)8-13(16)21-15-11(18)7-10(17)9-5-4-6-19-14(9)15/h4-7,13H,3,8H2,1-2H3. The first-order valence-electron chi connectivity index (χ1n) is 6.90.